The molecule has 3 rings (SSSR count). The molecule has 1 aliphatic heterocycles. The van der Waals surface area contributed by atoms with Crippen LogP contribution in [0, 0.1) is 0 Å². The zero-order chi connectivity index (χ0) is 15.0. The summed E-state index contributed by atoms with van der Waals surface area (Å²) in [5.74, 6) is -0.225. The number of rotatable bonds is 1. The second kappa shape index (κ2) is 4.98. The number of hydrogen-bond acceptors (Lipinski definition) is 9. The average molecular weight is 289 g/mol. The van der Waals surface area contributed by atoms with E-state index in [1.165, 1.54) is 0 Å². The van der Waals surface area contributed by atoms with Crippen molar-refractivity contribution in [3.05, 3.63) is 5.69 Å². The first-order valence-corrected chi connectivity index (χ1v) is 6.42. The van der Waals surface area contributed by atoms with Crippen molar-refractivity contribution in [2.75, 3.05) is 43.4 Å². The highest BCUT2D eigenvalue weighted by molar-refractivity contribution is 5.99. The van der Waals surface area contributed by atoms with Gasteiger partial charge < -0.3 is 27.4 Å². The fraction of sp³-hybridized carbons (Fsp3) is 0.364. The van der Waals surface area contributed by atoms with Gasteiger partial charge >= 0.3 is 0 Å². The molecule has 0 atom stereocenters. The fourth-order valence-corrected chi connectivity index (χ4v) is 2.17. The summed E-state index contributed by atoms with van der Waals surface area (Å²) in [5, 5.41) is 3.17. The molecule has 7 N–H and O–H groups in total. The van der Waals surface area contributed by atoms with Gasteiger partial charge in [0.25, 0.3) is 5.91 Å². The molecule has 21 heavy (non-hydrogen) atoms. The second-order valence-electron chi connectivity index (χ2n) is 4.64. The van der Waals surface area contributed by atoms with Crippen LogP contribution in [0.15, 0.2) is 0 Å². The van der Waals surface area contributed by atoms with Crippen molar-refractivity contribution in [1.82, 2.24) is 30.2 Å². The maximum absolute atomic E-state index is 12.5. The first kappa shape index (κ1) is 13.2. The number of nitrogens with zero attached hydrogens (tertiary/aromatic N) is 5. The minimum atomic E-state index is -0.278. The van der Waals surface area contributed by atoms with Crippen molar-refractivity contribution >= 4 is 34.7 Å². The number of nitrogen functional groups attached to an aromatic ring is 3. The minimum Gasteiger partial charge on any atom is -0.382 e. The summed E-state index contributed by atoms with van der Waals surface area (Å²) in [6.45, 7) is 2.64. The van der Waals surface area contributed by atoms with E-state index in [1.807, 2.05) is 0 Å². The van der Waals surface area contributed by atoms with Crippen LogP contribution in [0.3, 0.4) is 0 Å². The van der Waals surface area contributed by atoms with Crippen LogP contribution in [-0.2, 0) is 0 Å². The van der Waals surface area contributed by atoms with Gasteiger partial charge in [0.05, 0.1) is 0 Å². The zero-order valence-electron chi connectivity index (χ0n) is 11.2. The summed E-state index contributed by atoms with van der Waals surface area (Å²) in [7, 11) is 0. The molecular weight excluding hydrogens is 274 g/mol. The molecule has 0 saturated carbocycles. The number of aromatic nitrogens is 4. The Bertz CT molecular complexity index is 710. The predicted octanol–water partition coefficient (Wildman–Crippen LogP) is -1.79. The summed E-state index contributed by atoms with van der Waals surface area (Å²) in [6.07, 6.45) is 0. The molecule has 0 spiro atoms. The number of nitrogens with two attached hydrogens (primary N) is 3. The molecule has 1 fully saturated rings. The topological polar surface area (TPSA) is 162 Å². The number of piperazine rings is 1. The van der Waals surface area contributed by atoms with Crippen molar-refractivity contribution in [2.45, 2.75) is 0 Å². The van der Waals surface area contributed by atoms with Gasteiger partial charge in [-0.15, -0.1) is 0 Å². The third kappa shape index (κ3) is 2.36. The number of nitrogens with one attached hydrogen (secondary N) is 1. The van der Waals surface area contributed by atoms with E-state index < -0.39 is 0 Å². The molecule has 1 saturated heterocycles. The highest BCUT2D eigenvalue weighted by atomic mass is 16.2. The normalized spacial score (nSPS) is 15.3. The maximum atomic E-state index is 12.5. The lowest BCUT2D eigenvalue weighted by atomic mass is 10.3. The average Bonchev–Trinajstić information content (AvgIpc) is 2.46. The Balaban J connectivity index is 2.06. The quantitative estimate of drug-likeness (QED) is 0.475. The standard InChI is InChI=1S/C11H15N9O/c12-7-5-9(19-11(14)18-7)17-8(13)6(16-5)10(21)20-3-1-15-2-4-20/h15H,1-4H2,(H6,12,13,14,17,18,19). The van der Waals surface area contributed by atoms with Gasteiger partial charge in [-0.05, 0) is 0 Å². The van der Waals surface area contributed by atoms with Crippen molar-refractivity contribution in [1.29, 1.82) is 0 Å². The maximum Gasteiger partial charge on any atom is 0.276 e. The van der Waals surface area contributed by atoms with Crippen LogP contribution < -0.4 is 22.5 Å². The largest absolute Gasteiger partial charge is 0.382 e. The van der Waals surface area contributed by atoms with Gasteiger partial charge in [0, 0.05) is 26.2 Å². The van der Waals surface area contributed by atoms with E-state index in [0.717, 1.165) is 13.1 Å². The molecule has 0 aliphatic carbocycles. The van der Waals surface area contributed by atoms with Crippen molar-refractivity contribution in [3.8, 4) is 0 Å². The van der Waals surface area contributed by atoms with E-state index in [9.17, 15) is 4.79 Å². The summed E-state index contributed by atoms with van der Waals surface area (Å²) < 4.78 is 0. The van der Waals surface area contributed by atoms with Gasteiger partial charge in [-0.3, -0.25) is 4.79 Å². The summed E-state index contributed by atoms with van der Waals surface area (Å²) in [5.41, 5.74) is 17.5. The molecule has 1 aliphatic rings. The molecule has 0 aromatic carbocycles. The van der Waals surface area contributed by atoms with Crippen molar-refractivity contribution in [3.63, 3.8) is 0 Å². The Kier molecular flexibility index (Phi) is 3.14. The molecule has 10 heteroatoms. The number of amides is 1. The highest BCUT2D eigenvalue weighted by Gasteiger charge is 2.23. The van der Waals surface area contributed by atoms with Crippen LogP contribution >= 0.6 is 0 Å². The van der Waals surface area contributed by atoms with E-state index in [4.69, 9.17) is 17.2 Å². The lowest BCUT2D eigenvalue weighted by Gasteiger charge is -2.27. The van der Waals surface area contributed by atoms with Crippen LogP contribution in [0.25, 0.3) is 11.2 Å². The SMILES string of the molecule is Nc1nc(N)c2nc(C(=O)N3CCNCC3)c(N)nc2n1. The molecule has 110 valence electrons. The van der Waals surface area contributed by atoms with E-state index in [-0.39, 0.29) is 40.3 Å². The predicted molar refractivity (Wildman–Crippen MR) is 77.1 cm³/mol. The Morgan fingerprint density at radius 3 is 2.43 bits per heavy atom. The monoisotopic (exact) mass is 289 g/mol. The van der Waals surface area contributed by atoms with Gasteiger partial charge in [-0.2, -0.15) is 9.97 Å². The summed E-state index contributed by atoms with van der Waals surface area (Å²) in [4.78, 5) is 30.1. The molecule has 2 aromatic rings. The first-order valence-electron chi connectivity index (χ1n) is 6.42. The van der Waals surface area contributed by atoms with Crippen LogP contribution in [0.2, 0.25) is 0 Å². The number of anilines is 3. The van der Waals surface area contributed by atoms with Crippen LogP contribution in [0.1, 0.15) is 10.5 Å². The number of carbonyl (C=O) groups excluding carboxylic acids is 1. The lowest BCUT2D eigenvalue weighted by molar-refractivity contribution is 0.0731. The zero-order valence-corrected chi connectivity index (χ0v) is 11.2. The molecule has 0 bridgehead atoms. The van der Waals surface area contributed by atoms with Gasteiger partial charge in [-0.25, -0.2) is 9.97 Å². The van der Waals surface area contributed by atoms with Gasteiger partial charge in [0.2, 0.25) is 5.95 Å². The molecule has 10 nitrogen and oxygen atoms in total. The molecule has 0 radical (unpaired) electrons. The minimum absolute atomic E-state index is 0.00327. The molecule has 3 heterocycles. The first-order chi connectivity index (χ1) is 10.1. The second-order valence-corrected chi connectivity index (χ2v) is 4.64. The van der Waals surface area contributed by atoms with E-state index in [1.54, 1.807) is 4.90 Å². The number of hydrogen-bond donors (Lipinski definition) is 4. The van der Waals surface area contributed by atoms with Crippen molar-refractivity contribution < 1.29 is 4.79 Å². The Morgan fingerprint density at radius 2 is 1.71 bits per heavy atom. The Morgan fingerprint density at radius 1 is 1.00 bits per heavy atom. The molecular formula is C11H15N9O. The van der Waals surface area contributed by atoms with Crippen LogP contribution in [0.5, 0.6) is 0 Å². The molecule has 0 unspecified atom stereocenters. The summed E-state index contributed by atoms with van der Waals surface area (Å²) in [6, 6.07) is 0. The third-order valence-electron chi connectivity index (χ3n) is 3.21. The number of fused-ring (bicyclic) bond motifs is 1. The Hall–Kier alpha value is -2.75. The lowest BCUT2D eigenvalue weighted by Crippen LogP contribution is -2.46. The van der Waals surface area contributed by atoms with E-state index in [2.05, 4.69) is 25.3 Å². The third-order valence-corrected chi connectivity index (χ3v) is 3.21. The fourth-order valence-electron chi connectivity index (χ4n) is 2.17. The molecule has 1 amide bonds. The van der Waals surface area contributed by atoms with E-state index in [0.29, 0.717) is 13.1 Å². The Labute approximate surface area is 119 Å². The van der Waals surface area contributed by atoms with Crippen molar-refractivity contribution in [2.24, 2.45) is 0 Å². The van der Waals surface area contributed by atoms with Gasteiger partial charge in [0.15, 0.2) is 28.5 Å². The highest BCUT2D eigenvalue weighted by Crippen LogP contribution is 2.19. The van der Waals surface area contributed by atoms with E-state index >= 15 is 0 Å². The van der Waals surface area contributed by atoms with Crippen LogP contribution in [-0.4, -0.2) is 56.9 Å². The van der Waals surface area contributed by atoms with Gasteiger partial charge in [0.1, 0.15) is 0 Å². The summed E-state index contributed by atoms with van der Waals surface area (Å²) >= 11 is 0. The number of carbonyl (C=O) groups is 1. The van der Waals surface area contributed by atoms with Gasteiger partial charge in [-0.1, -0.05) is 0 Å². The molecule has 2 aromatic heterocycles. The van der Waals surface area contributed by atoms with Crippen LogP contribution in [0.4, 0.5) is 17.6 Å². The smallest absolute Gasteiger partial charge is 0.276 e.